The van der Waals surface area contributed by atoms with Gasteiger partial charge in [-0.2, -0.15) is 0 Å². The van der Waals surface area contributed by atoms with E-state index in [1.54, 1.807) is 0 Å². The lowest BCUT2D eigenvalue weighted by Crippen LogP contribution is -2.46. The second-order valence-corrected chi connectivity index (χ2v) is 20.8. The van der Waals surface area contributed by atoms with Gasteiger partial charge in [0.25, 0.3) is 0 Å². The summed E-state index contributed by atoms with van der Waals surface area (Å²) in [6.07, 6.45) is 72.8. The predicted molar refractivity (Wildman–Crippen MR) is 282 cm³/mol. The maximum absolute atomic E-state index is 6.79. The zero-order chi connectivity index (χ0) is 44.3. The van der Waals surface area contributed by atoms with Crippen LogP contribution in [0.5, 0.6) is 0 Å². The fourth-order valence-electron chi connectivity index (χ4n) is 10.3. The monoisotopic (exact) mass is 877 g/mol. The second kappa shape index (κ2) is 52.8. The van der Waals surface area contributed by atoms with Gasteiger partial charge < -0.3 is 9.16 Å². The van der Waals surface area contributed by atoms with Crippen molar-refractivity contribution in [2.75, 3.05) is 6.61 Å². The Morgan fingerprint density at radius 3 is 0.672 bits per heavy atom. The Morgan fingerprint density at radius 1 is 0.279 bits per heavy atom. The van der Waals surface area contributed by atoms with Gasteiger partial charge in [0, 0.05) is 6.61 Å². The first kappa shape index (κ1) is 61.1. The van der Waals surface area contributed by atoms with E-state index in [0.29, 0.717) is 0 Å². The smallest absolute Gasteiger partial charge is 0.146 e. The lowest BCUT2D eigenvalue weighted by atomic mass is 9.82. The first-order valence-corrected chi connectivity index (χ1v) is 30.2. The maximum atomic E-state index is 6.79. The minimum Gasteiger partial charge on any atom is -0.420 e. The molecular formula is C58H120O2Si. The molecule has 0 aromatic rings. The Bertz CT molecular complexity index is 735. The first-order chi connectivity index (χ1) is 30.2. The van der Waals surface area contributed by atoms with E-state index in [9.17, 15) is 0 Å². The molecule has 3 heteroatoms. The molecule has 0 spiro atoms. The lowest BCUT2D eigenvalue weighted by molar-refractivity contribution is -0.102. The summed E-state index contributed by atoms with van der Waals surface area (Å²) in [4.78, 5) is 0. The van der Waals surface area contributed by atoms with Crippen molar-refractivity contribution >= 4 is 10.5 Å². The average Bonchev–Trinajstić information content (AvgIpc) is 3.27. The van der Waals surface area contributed by atoms with Crippen LogP contribution in [0.2, 0.25) is 0 Å². The van der Waals surface area contributed by atoms with Gasteiger partial charge in [-0.3, -0.25) is 0 Å². The van der Waals surface area contributed by atoms with E-state index >= 15 is 0 Å². The molecule has 0 aromatic carbocycles. The number of unbranched alkanes of at least 4 members (excludes halogenated alkanes) is 45. The van der Waals surface area contributed by atoms with Crippen LogP contribution in [0.4, 0.5) is 0 Å². The molecule has 0 saturated carbocycles. The highest BCUT2D eigenvalue weighted by Gasteiger charge is 2.37. The van der Waals surface area contributed by atoms with Gasteiger partial charge in [-0.05, 0) is 26.2 Å². The molecule has 2 nitrogen and oxygen atoms in total. The molecule has 0 aliphatic heterocycles. The average molecular weight is 878 g/mol. The summed E-state index contributed by atoms with van der Waals surface area (Å²) in [7, 11) is 0.825. The van der Waals surface area contributed by atoms with Crippen molar-refractivity contribution in [3.8, 4) is 0 Å². The summed E-state index contributed by atoms with van der Waals surface area (Å²) in [5, 5.41) is 0. The van der Waals surface area contributed by atoms with Gasteiger partial charge in [-0.15, -0.1) is 0 Å². The fraction of sp³-hybridized carbons (Fsp3) is 1.00. The van der Waals surface area contributed by atoms with Gasteiger partial charge in [0.1, 0.15) is 10.5 Å². The van der Waals surface area contributed by atoms with Crippen molar-refractivity contribution in [3.63, 3.8) is 0 Å². The van der Waals surface area contributed by atoms with Crippen molar-refractivity contribution in [2.45, 2.75) is 367 Å². The molecule has 0 fully saturated rings. The number of rotatable bonds is 55. The van der Waals surface area contributed by atoms with Gasteiger partial charge in [0.15, 0.2) is 0 Å². The van der Waals surface area contributed by atoms with Crippen LogP contribution in [-0.4, -0.2) is 28.8 Å². The third-order valence-electron chi connectivity index (χ3n) is 14.6. The van der Waals surface area contributed by atoms with Crippen LogP contribution in [0.3, 0.4) is 0 Å². The molecule has 0 rings (SSSR count). The Morgan fingerprint density at radius 2 is 0.475 bits per heavy atom. The van der Waals surface area contributed by atoms with Crippen molar-refractivity contribution in [3.05, 3.63) is 0 Å². The molecule has 0 amide bonds. The molecule has 0 bridgehead atoms. The van der Waals surface area contributed by atoms with Gasteiger partial charge >= 0.3 is 0 Å². The molecular weight excluding hydrogens is 757 g/mol. The van der Waals surface area contributed by atoms with Crippen LogP contribution in [-0.2, 0) is 9.16 Å². The van der Waals surface area contributed by atoms with Crippen LogP contribution >= 0.6 is 0 Å². The van der Waals surface area contributed by atoms with Crippen molar-refractivity contribution in [1.29, 1.82) is 0 Å². The van der Waals surface area contributed by atoms with Gasteiger partial charge in [0.05, 0.1) is 11.7 Å². The van der Waals surface area contributed by atoms with Crippen LogP contribution in [0.15, 0.2) is 0 Å². The molecule has 1 atom stereocenters. The molecule has 1 unspecified atom stereocenters. The standard InChI is InChI=1S/C58H120O2Si/c1-5-9-12-15-18-21-24-27-30-33-36-39-42-45-48-51-54-57(59-8-4)58(60-61,55-52-49-46-43-40-37-34-31-28-25-22-19-16-13-10-6-2)56-53-50-47-44-41-38-35-32-29-26-23-20-17-14-11-7-3/h57H,5-56H2,1-4,61H3. The highest BCUT2D eigenvalue weighted by Crippen LogP contribution is 2.35. The number of ether oxygens (including phenoxy) is 1. The topological polar surface area (TPSA) is 18.5 Å². The SMILES string of the molecule is CCCCCCCCCCCCCCCCCCC(OCC)C(CCCCCCCCCCCCCCCCCC)(CCCCCCCCCCCCCCCCCC)O[SiH3]. The Kier molecular flexibility index (Phi) is 52.9. The quantitative estimate of drug-likeness (QED) is 0.0448. The molecule has 0 heterocycles. The predicted octanol–water partition coefficient (Wildman–Crippen LogP) is 20.4. The summed E-state index contributed by atoms with van der Waals surface area (Å²) in [5.74, 6) is 0. The van der Waals surface area contributed by atoms with E-state index in [1.165, 1.54) is 327 Å². The number of hydrogen-bond acceptors (Lipinski definition) is 2. The highest BCUT2D eigenvalue weighted by atomic mass is 28.2. The van der Waals surface area contributed by atoms with Crippen LogP contribution in [0.25, 0.3) is 0 Å². The molecule has 0 N–H and O–H groups in total. The third kappa shape index (κ3) is 43.8. The molecule has 0 saturated heterocycles. The molecule has 0 aliphatic carbocycles. The van der Waals surface area contributed by atoms with E-state index in [1.807, 2.05) is 0 Å². The van der Waals surface area contributed by atoms with E-state index in [-0.39, 0.29) is 11.7 Å². The maximum Gasteiger partial charge on any atom is 0.146 e. The largest absolute Gasteiger partial charge is 0.420 e. The van der Waals surface area contributed by atoms with Crippen LogP contribution in [0.1, 0.15) is 355 Å². The summed E-state index contributed by atoms with van der Waals surface area (Å²) >= 11 is 0. The van der Waals surface area contributed by atoms with E-state index in [0.717, 1.165) is 17.1 Å². The van der Waals surface area contributed by atoms with Crippen molar-refractivity contribution in [2.24, 2.45) is 0 Å². The second-order valence-electron chi connectivity index (χ2n) is 20.4. The van der Waals surface area contributed by atoms with Crippen molar-refractivity contribution in [1.82, 2.24) is 0 Å². The third-order valence-corrected chi connectivity index (χ3v) is 15.4. The van der Waals surface area contributed by atoms with Gasteiger partial charge in [-0.25, -0.2) is 0 Å². The molecule has 61 heavy (non-hydrogen) atoms. The molecule has 0 aliphatic rings. The number of hydrogen-bond donors (Lipinski definition) is 0. The van der Waals surface area contributed by atoms with Crippen LogP contribution in [0, 0.1) is 0 Å². The Labute approximate surface area is 391 Å². The summed E-state index contributed by atoms with van der Waals surface area (Å²) in [6.45, 7) is 10.0. The zero-order valence-corrected chi connectivity index (χ0v) is 45.7. The zero-order valence-electron chi connectivity index (χ0n) is 43.7. The summed E-state index contributed by atoms with van der Waals surface area (Å²) < 4.78 is 13.5. The van der Waals surface area contributed by atoms with E-state index < -0.39 is 0 Å². The highest BCUT2D eigenvalue weighted by molar-refractivity contribution is 5.98. The fourth-order valence-corrected chi connectivity index (χ4v) is 11.0. The van der Waals surface area contributed by atoms with Crippen molar-refractivity contribution < 1.29 is 9.16 Å². The normalized spacial score (nSPS) is 12.6. The first-order valence-electron chi connectivity index (χ1n) is 29.4. The van der Waals surface area contributed by atoms with Crippen LogP contribution < -0.4 is 0 Å². The molecule has 0 radical (unpaired) electrons. The van der Waals surface area contributed by atoms with Gasteiger partial charge in [-0.1, -0.05) is 329 Å². The lowest BCUT2D eigenvalue weighted by Gasteiger charge is -2.41. The minimum atomic E-state index is -0.0380. The van der Waals surface area contributed by atoms with E-state index in [4.69, 9.17) is 9.16 Å². The molecule has 0 aromatic heterocycles. The summed E-state index contributed by atoms with van der Waals surface area (Å²) in [5.41, 5.74) is -0.0380. The Hall–Kier alpha value is 0.137. The summed E-state index contributed by atoms with van der Waals surface area (Å²) in [6, 6.07) is 0. The minimum absolute atomic E-state index is 0.0380. The van der Waals surface area contributed by atoms with E-state index in [2.05, 4.69) is 27.7 Å². The Balaban J connectivity index is 4.54. The van der Waals surface area contributed by atoms with Gasteiger partial charge in [0.2, 0.25) is 0 Å². The molecule has 368 valence electrons.